The number of rotatable bonds is 5. The van der Waals surface area contributed by atoms with Gasteiger partial charge in [-0.3, -0.25) is 9.10 Å². The zero-order valence-electron chi connectivity index (χ0n) is 11.3. The van der Waals surface area contributed by atoms with Gasteiger partial charge in [-0.2, -0.15) is 0 Å². The second kappa shape index (κ2) is 6.82. The third-order valence-electron chi connectivity index (χ3n) is 2.86. The molecule has 122 valence electrons. The van der Waals surface area contributed by atoms with Crippen molar-refractivity contribution in [2.24, 2.45) is 0 Å². The molecule has 0 heterocycles. The lowest BCUT2D eigenvalue weighted by Gasteiger charge is -2.23. The Bertz CT molecular complexity index is 842. The predicted octanol–water partition coefficient (Wildman–Crippen LogP) is 3.58. The Morgan fingerprint density at radius 3 is 2.22 bits per heavy atom. The van der Waals surface area contributed by atoms with Crippen molar-refractivity contribution in [2.45, 2.75) is 4.90 Å². The molecule has 4 nitrogen and oxygen atoms in total. The summed E-state index contributed by atoms with van der Waals surface area (Å²) < 4.78 is 52.1. The van der Waals surface area contributed by atoms with Crippen molar-refractivity contribution < 1.29 is 22.0 Å². The van der Waals surface area contributed by atoms with Crippen LogP contribution in [-0.2, 0) is 14.8 Å². The maximum absolute atomic E-state index is 13.3. The van der Waals surface area contributed by atoms with Crippen molar-refractivity contribution in [3.05, 3.63) is 59.1 Å². The van der Waals surface area contributed by atoms with Gasteiger partial charge < -0.3 is 0 Å². The molecule has 23 heavy (non-hydrogen) atoms. The SMILES string of the molecule is O=C(Cl)CN(c1ccc(F)c(Cl)c1)S(=O)(=O)c1ccc(F)cc1. The van der Waals surface area contributed by atoms with Crippen molar-refractivity contribution in [1.29, 1.82) is 0 Å². The van der Waals surface area contributed by atoms with Gasteiger partial charge in [0.1, 0.15) is 18.2 Å². The summed E-state index contributed by atoms with van der Waals surface area (Å²) >= 11 is 10.9. The van der Waals surface area contributed by atoms with E-state index in [1.807, 2.05) is 0 Å². The number of benzene rings is 2. The van der Waals surface area contributed by atoms with Crippen LogP contribution >= 0.6 is 23.2 Å². The minimum Gasteiger partial charge on any atom is -0.279 e. The third-order valence-corrected chi connectivity index (χ3v) is 5.06. The summed E-state index contributed by atoms with van der Waals surface area (Å²) in [5, 5.41) is -1.26. The van der Waals surface area contributed by atoms with Crippen LogP contribution in [0, 0.1) is 11.6 Å². The van der Waals surface area contributed by atoms with Gasteiger partial charge in [0.25, 0.3) is 10.0 Å². The van der Waals surface area contributed by atoms with Crippen LogP contribution in [0.1, 0.15) is 0 Å². The van der Waals surface area contributed by atoms with E-state index in [0.29, 0.717) is 4.31 Å². The standard InChI is InChI=1S/C14H9Cl2F2NO3S/c15-12-7-10(3-6-13(12)18)19(8-14(16)20)23(21,22)11-4-1-9(17)2-5-11/h1-7H,8H2. The van der Waals surface area contributed by atoms with Crippen LogP contribution in [0.15, 0.2) is 47.4 Å². The fourth-order valence-electron chi connectivity index (χ4n) is 1.80. The molecular weight excluding hydrogens is 371 g/mol. The Morgan fingerprint density at radius 2 is 1.70 bits per heavy atom. The zero-order chi connectivity index (χ0) is 17.2. The number of carbonyl (C=O) groups excluding carboxylic acids is 1. The fraction of sp³-hybridized carbons (Fsp3) is 0.0714. The minimum atomic E-state index is -4.22. The summed E-state index contributed by atoms with van der Waals surface area (Å²) in [6.45, 7) is -0.691. The molecule has 0 N–H and O–H groups in total. The molecule has 2 aromatic carbocycles. The molecule has 0 fully saturated rings. The first kappa shape index (κ1) is 17.7. The fourth-order valence-corrected chi connectivity index (χ4v) is 3.58. The Morgan fingerprint density at radius 1 is 1.09 bits per heavy atom. The number of hydrogen-bond donors (Lipinski definition) is 0. The van der Waals surface area contributed by atoms with E-state index in [0.717, 1.165) is 42.5 Å². The molecule has 0 aromatic heterocycles. The van der Waals surface area contributed by atoms with E-state index in [4.69, 9.17) is 23.2 Å². The number of nitrogens with zero attached hydrogens (tertiary/aromatic N) is 1. The number of halogens is 4. The van der Waals surface area contributed by atoms with E-state index in [2.05, 4.69) is 0 Å². The molecule has 0 unspecified atom stereocenters. The molecular formula is C14H9Cl2F2NO3S. The average molecular weight is 380 g/mol. The maximum Gasteiger partial charge on any atom is 0.264 e. The van der Waals surface area contributed by atoms with E-state index < -0.39 is 33.4 Å². The molecule has 0 spiro atoms. The van der Waals surface area contributed by atoms with Gasteiger partial charge in [-0.05, 0) is 54.1 Å². The van der Waals surface area contributed by atoms with Crippen LogP contribution < -0.4 is 4.31 Å². The lowest BCUT2D eigenvalue weighted by molar-refractivity contribution is -0.110. The molecule has 0 saturated heterocycles. The van der Waals surface area contributed by atoms with Crippen LogP contribution in [0.5, 0.6) is 0 Å². The Balaban J connectivity index is 2.55. The molecule has 0 saturated carbocycles. The minimum absolute atomic E-state index is 0.0466. The largest absolute Gasteiger partial charge is 0.279 e. The number of carbonyl (C=O) groups is 1. The monoisotopic (exact) mass is 379 g/mol. The van der Waals surface area contributed by atoms with Gasteiger partial charge in [-0.25, -0.2) is 17.2 Å². The van der Waals surface area contributed by atoms with Crippen LogP contribution in [0.4, 0.5) is 14.5 Å². The van der Waals surface area contributed by atoms with Gasteiger partial charge in [0.2, 0.25) is 5.24 Å². The number of anilines is 1. The van der Waals surface area contributed by atoms with E-state index in [1.54, 1.807) is 0 Å². The van der Waals surface area contributed by atoms with Crippen molar-refractivity contribution in [3.63, 3.8) is 0 Å². The van der Waals surface area contributed by atoms with Gasteiger partial charge in [0.05, 0.1) is 15.6 Å². The lowest BCUT2D eigenvalue weighted by Crippen LogP contribution is -2.34. The van der Waals surface area contributed by atoms with Crippen LogP contribution in [-0.4, -0.2) is 20.2 Å². The van der Waals surface area contributed by atoms with Crippen molar-refractivity contribution in [2.75, 3.05) is 10.8 Å². The molecule has 2 rings (SSSR count). The summed E-state index contributed by atoms with van der Waals surface area (Å²) in [7, 11) is -4.22. The van der Waals surface area contributed by atoms with Crippen LogP contribution in [0.25, 0.3) is 0 Å². The van der Waals surface area contributed by atoms with Crippen molar-refractivity contribution in [1.82, 2.24) is 0 Å². The quantitative estimate of drug-likeness (QED) is 0.746. The summed E-state index contributed by atoms with van der Waals surface area (Å²) in [5.41, 5.74) is -0.0466. The molecule has 0 aliphatic carbocycles. The highest BCUT2D eigenvalue weighted by Gasteiger charge is 2.27. The summed E-state index contributed by atoms with van der Waals surface area (Å²) in [6, 6.07) is 7.17. The summed E-state index contributed by atoms with van der Waals surface area (Å²) in [6.07, 6.45) is 0. The maximum atomic E-state index is 13.3. The van der Waals surface area contributed by atoms with E-state index in [1.165, 1.54) is 0 Å². The van der Waals surface area contributed by atoms with Gasteiger partial charge >= 0.3 is 0 Å². The molecule has 0 radical (unpaired) electrons. The first-order chi connectivity index (χ1) is 10.7. The number of hydrogen-bond acceptors (Lipinski definition) is 3. The lowest BCUT2D eigenvalue weighted by atomic mass is 10.3. The van der Waals surface area contributed by atoms with Gasteiger partial charge in [0.15, 0.2) is 0 Å². The van der Waals surface area contributed by atoms with Crippen molar-refractivity contribution >= 4 is 44.2 Å². The third kappa shape index (κ3) is 3.99. The molecule has 0 aliphatic heterocycles. The second-order valence-electron chi connectivity index (χ2n) is 4.42. The molecule has 0 atom stereocenters. The normalized spacial score (nSPS) is 11.3. The highest BCUT2D eigenvalue weighted by atomic mass is 35.5. The molecule has 9 heteroatoms. The van der Waals surface area contributed by atoms with E-state index in [-0.39, 0.29) is 15.6 Å². The average Bonchev–Trinajstić information content (AvgIpc) is 2.48. The Hall–Kier alpha value is -1.70. The topological polar surface area (TPSA) is 54.5 Å². The second-order valence-corrected chi connectivity index (χ2v) is 7.11. The Kier molecular flexibility index (Phi) is 5.23. The summed E-state index contributed by atoms with van der Waals surface area (Å²) in [5.74, 6) is -1.36. The van der Waals surface area contributed by atoms with Crippen molar-refractivity contribution in [3.8, 4) is 0 Å². The first-order valence-corrected chi connectivity index (χ1v) is 8.33. The first-order valence-electron chi connectivity index (χ1n) is 6.13. The molecule has 0 bridgehead atoms. The van der Waals surface area contributed by atoms with E-state index >= 15 is 0 Å². The zero-order valence-corrected chi connectivity index (χ0v) is 13.7. The summed E-state index contributed by atoms with van der Waals surface area (Å²) in [4.78, 5) is 11.0. The smallest absolute Gasteiger partial charge is 0.264 e. The van der Waals surface area contributed by atoms with Gasteiger partial charge in [0, 0.05) is 0 Å². The highest BCUT2D eigenvalue weighted by Crippen LogP contribution is 2.28. The van der Waals surface area contributed by atoms with Crippen LogP contribution in [0.3, 0.4) is 0 Å². The van der Waals surface area contributed by atoms with Crippen LogP contribution in [0.2, 0.25) is 5.02 Å². The molecule has 0 amide bonds. The molecule has 0 aliphatic rings. The highest BCUT2D eigenvalue weighted by molar-refractivity contribution is 7.92. The predicted molar refractivity (Wildman–Crippen MR) is 83.2 cm³/mol. The number of sulfonamides is 1. The van der Waals surface area contributed by atoms with Gasteiger partial charge in [-0.1, -0.05) is 11.6 Å². The van der Waals surface area contributed by atoms with E-state index in [9.17, 15) is 22.0 Å². The van der Waals surface area contributed by atoms with Gasteiger partial charge in [-0.15, -0.1) is 0 Å². The Labute approximate surface area is 141 Å². The molecule has 2 aromatic rings.